The molecule has 112 valence electrons. The first-order valence-electron chi connectivity index (χ1n) is 6.57. The van der Waals surface area contributed by atoms with Crippen LogP contribution in [-0.2, 0) is 6.42 Å². The molecule has 0 bridgehead atoms. The quantitative estimate of drug-likeness (QED) is 0.907. The van der Waals surface area contributed by atoms with E-state index in [9.17, 15) is 8.78 Å². The van der Waals surface area contributed by atoms with Gasteiger partial charge in [0.25, 0.3) is 0 Å². The summed E-state index contributed by atoms with van der Waals surface area (Å²) < 4.78 is 31.7. The van der Waals surface area contributed by atoms with Crippen molar-refractivity contribution in [1.29, 1.82) is 0 Å². The highest BCUT2D eigenvalue weighted by Gasteiger charge is 2.16. The standard InChI is InChI=1S/C16H16ClF2NO/c1-10(21-13-4-2-3-12(17)9-13)16(20)8-11-5-6-14(18)15(19)7-11/h2-7,9-10,16H,8,20H2,1H3. The number of nitrogens with two attached hydrogens (primary N) is 1. The molecule has 0 aromatic heterocycles. The first kappa shape index (κ1) is 15.7. The summed E-state index contributed by atoms with van der Waals surface area (Å²) in [5, 5.41) is 0.578. The topological polar surface area (TPSA) is 35.2 Å². The van der Waals surface area contributed by atoms with Crippen LogP contribution in [0.2, 0.25) is 5.02 Å². The third kappa shape index (κ3) is 4.41. The van der Waals surface area contributed by atoms with Crippen LogP contribution >= 0.6 is 11.6 Å². The molecule has 0 saturated heterocycles. The number of ether oxygens (including phenoxy) is 1. The maximum absolute atomic E-state index is 13.2. The molecule has 2 atom stereocenters. The van der Waals surface area contributed by atoms with Gasteiger partial charge in [-0.15, -0.1) is 0 Å². The van der Waals surface area contributed by atoms with Gasteiger partial charge in [-0.3, -0.25) is 0 Å². The molecule has 2 aromatic rings. The molecule has 2 rings (SSSR count). The van der Waals surface area contributed by atoms with E-state index in [1.54, 1.807) is 24.3 Å². The first-order chi connectivity index (χ1) is 9.95. The third-order valence-corrected chi connectivity index (χ3v) is 3.41. The van der Waals surface area contributed by atoms with Crippen molar-refractivity contribution >= 4 is 11.6 Å². The summed E-state index contributed by atoms with van der Waals surface area (Å²) in [5.74, 6) is -1.12. The molecule has 0 spiro atoms. The summed E-state index contributed by atoms with van der Waals surface area (Å²) in [7, 11) is 0. The number of hydrogen-bond acceptors (Lipinski definition) is 2. The molecule has 21 heavy (non-hydrogen) atoms. The van der Waals surface area contributed by atoms with Gasteiger partial charge in [-0.05, 0) is 49.2 Å². The zero-order valence-corrected chi connectivity index (χ0v) is 12.3. The van der Waals surface area contributed by atoms with Crippen molar-refractivity contribution in [3.05, 3.63) is 64.7 Å². The van der Waals surface area contributed by atoms with E-state index in [2.05, 4.69) is 0 Å². The van der Waals surface area contributed by atoms with Crippen molar-refractivity contribution in [2.24, 2.45) is 5.73 Å². The Labute approximate surface area is 127 Å². The van der Waals surface area contributed by atoms with Gasteiger partial charge in [-0.2, -0.15) is 0 Å². The molecule has 0 amide bonds. The molecular formula is C16H16ClF2NO. The molecule has 0 heterocycles. The van der Waals surface area contributed by atoms with Crippen LogP contribution in [0, 0.1) is 11.6 Å². The first-order valence-corrected chi connectivity index (χ1v) is 6.95. The Hall–Kier alpha value is -1.65. The molecule has 2 unspecified atom stereocenters. The molecule has 0 fully saturated rings. The van der Waals surface area contributed by atoms with Gasteiger partial charge in [-0.1, -0.05) is 23.7 Å². The predicted octanol–water partition coefficient (Wildman–Crippen LogP) is 3.96. The van der Waals surface area contributed by atoms with Crippen LogP contribution in [0.1, 0.15) is 12.5 Å². The molecule has 0 saturated carbocycles. The van der Waals surface area contributed by atoms with Crippen LogP contribution in [0.3, 0.4) is 0 Å². The summed E-state index contributed by atoms with van der Waals surface area (Å²) in [4.78, 5) is 0. The Morgan fingerprint density at radius 2 is 1.90 bits per heavy atom. The second-order valence-corrected chi connectivity index (χ2v) is 5.33. The molecule has 5 heteroatoms. The average molecular weight is 312 g/mol. The van der Waals surface area contributed by atoms with Gasteiger partial charge >= 0.3 is 0 Å². The van der Waals surface area contributed by atoms with Gasteiger partial charge < -0.3 is 10.5 Å². The van der Waals surface area contributed by atoms with Gasteiger partial charge in [0.1, 0.15) is 11.9 Å². The van der Waals surface area contributed by atoms with E-state index in [1.807, 2.05) is 6.92 Å². The molecule has 2 nitrogen and oxygen atoms in total. The number of benzene rings is 2. The highest BCUT2D eigenvalue weighted by molar-refractivity contribution is 6.30. The largest absolute Gasteiger partial charge is 0.489 e. The fourth-order valence-electron chi connectivity index (χ4n) is 1.95. The van der Waals surface area contributed by atoms with E-state index in [0.717, 1.165) is 12.1 Å². The van der Waals surface area contributed by atoms with Gasteiger partial charge in [-0.25, -0.2) is 8.78 Å². The maximum atomic E-state index is 13.2. The Morgan fingerprint density at radius 3 is 2.57 bits per heavy atom. The van der Waals surface area contributed by atoms with E-state index >= 15 is 0 Å². The van der Waals surface area contributed by atoms with Gasteiger partial charge in [0, 0.05) is 11.1 Å². The van der Waals surface area contributed by atoms with Crippen LogP contribution in [0.15, 0.2) is 42.5 Å². The predicted molar refractivity (Wildman–Crippen MR) is 79.6 cm³/mol. The summed E-state index contributed by atoms with van der Waals surface area (Å²) in [6.45, 7) is 1.82. The summed E-state index contributed by atoms with van der Waals surface area (Å²) >= 11 is 5.88. The Kier molecular flexibility index (Phi) is 5.15. The van der Waals surface area contributed by atoms with Crippen LogP contribution in [0.4, 0.5) is 8.78 Å². The second kappa shape index (κ2) is 6.87. The number of hydrogen-bond donors (Lipinski definition) is 1. The zero-order chi connectivity index (χ0) is 15.4. The molecule has 0 aliphatic carbocycles. The van der Waals surface area contributed by atoms with Crippen LogP contribution in [0.25, 0.3) is 0 Å². The normalized spacial score (nSPS) is 13.8. The minimum absolute atomic E-state index is 0.295. The average Bonchev–Trinajstić information content (AvgIpc) is 2.43. The highest BCUT2D eigenvalue weighted by atomic mass is 35.5. The van der Waals surface area contributed by atoms with E-state index in [0.29, 0.717) is 22.8 Å². The van der Waals surface area contributed by atoms with Crippen LogP contribution < -0.4 is 10.5 Å². The fraction of sp³-hybridized carbons (Fsp3) is 0.250. The molecule has 2 N–H and O–H groups in total. The van der Waals surface area contributed by atoms with E-state index in [1.165, 1.54) is 6.07 Å². The lowest BCUT2D eigenvalue weighted by Gasteiger charge is -2.21. The maximum Gasteiger partial charge on any atom is 0.159 e. The van der Waals surface area contributed by atoms with Crippen LogP contribution in [0.5, 0.6) is 5.75 Å². The second-order valence-electron chi connectivity index (χ2n) is 4.90. The molecule has 0 aliphatic rings. The molecule has 0 radical (unpaired) electrons. The fourth-order valence-corrected chi connectivity index (χ4v) is 2.13. The summed E-state index contributed by atoms with van der Waals surface area (Å²) in [6, 6.07) is 10.4. The van der Waals surface area contributed by atoms with Crippen molar-refractivity contribution in [2.45, 2.75) is 25.5 Å². The highest BCUT2D eigenvalue weighted by Crippen LogP contribution is 2.19. The van der Waals surface area contributed by atoms with Gasteiger partial charge in [0.05, 0.1) is 0 Å². The van der Waals surface area contributed by atoms with Crippen LogP contribution in [-0.4, -0.2) is 12.1 Å². The molecule has 2 aromatic carbocycles. The Balaban J connectivity index is 1.98. The minimum atomic E-state index is -0.872. The van der Waals surface area contributed by atoms with Crippen molar-refractivity contribution < 1.29 is 13.5 Å². The SMILES string of the molecule is CC(Oc1cccc(Cl)c1)C(N)Cc1ccc(F)c(F)c1. The summed E-state index contributed by atoms with van der Waals surface area (Å²) in [6.07, 6.45) is 0.0930. The number of rotatable bonds is 5. The Morgan fingerprint density at radius 1 is 1.14 bits per heavy atom. The van der Waals surface area contributed by atoms with Gasteiger partial charge in [0.2, 0.25) is 0 Å². The van der Waals surface area contributed by atoms with E-state index in [4.69, 9.17) is 22.1 Å². The van der Waals surface area contributed by atoms with E-state index in [-0.39, 0.29) is 12.1 Å². The lowest BCUT2D eigenvalue weighted by Crippen LogP contribution is -2.38. The summed E-state index contributed by atoms with van der Waals surface area (Å²) in [5.41, 5.74) is 6.68. The van der Waals surface area contributed by atoms with Crippen molar-refractivity contribution in [2.75, 3.05) is 0 Å². The van der Waals surface area contributed by atoms with Crippen molar-refractivity contribution in [3.8, 4) is 5.75 Å². The third-order valence-electron chi connectivity index (χ3n) is 3.18. The molecule has 0 aliphatic heterocycles. The lowest BCUT2D eigenvalue weighted by atomic mass is 10.0. The number of halogens is 3. The molecular weight excluding hydrogens is 296 g/mol. The zero-order valence-electron chi connectivity index (χ0n) is 11.5. The smallest absolute Gasteiger partial charge is 0.159 e. The van der Waals surface area contributed by atoms with E-state index < -0.39 is 11.6 Å². The lowest BCUT2D eigenvalue weighted by molar-refractivity contribution is 0.189. The van der Waals surface area contributed by atoms with Crippen molar-refractivity contribution in [1.82, 2.24) is 0 Å². The van der Waals surface area contributed by atoms with Gasteiger partial charge in [0.15, 0.2) is 11.6 Å². The minimum Gasteiger partial charge on any atom is -0.489 e. The Bertz CT molecular complexity index is 621. The van der Waals surface area contributed by atoms with Crippen molar-refractivity contribution in [3.63, 3.8) is 0 Å². The monoisotopic (exact) mass is 311 g/mol.